The molecule has 1 heterocycles. The van der Waals surface area contributed by atoms with E-state index < -0.39 is 31.6 Å². The van der Waals surface area contributed by atoms with Crippen molar-refractivity contribution in [1.82, 2.24) is 0 Å². The van der Waals surface area contributed by atoms with Gasteiger partial charge < -0.3 is 4.74 Å². The molecule has 7 heteroatoms. The molecule has 0 N–H and O–H groups in total. The zero-order valence-electron chi connectivity index (χ0n) is 15.0. The Labute approximate surface area is 161 Å². The van der Waals surface area contributed by atoms with Gasteiger partial charge >= 0.3 is 0 Å². The molecule has 0 radical (unpaired) electrons. The minimum atomic E-state index is -1.59. The normalized spacial score (nSPS) is 16.0. The van der Waals surface area contributed by atoms with Gasteiger partial charge in [0, 0.05) is 18.3 Å². The van der Waals surface area contributed by atoms with Crippen LogP contribution in [0.1, 0.15) is 54.4 Å². The standard InChI is InChI=1S/C17H26Cl2O3S2/c1-15(2,3)13(20)10-12(22-16(4,5)6)11-17(18,19)24(21)14-8-7-9-23-14/h7-9,12H,10-11H2,1-6H3. The van der Waals surface area contributed by atoms with Crippen LogP contribution in [0.3, 0.4) is 0 Å². The summed E-state index contributed by atoms with van der Waals surface area (Å²) in [6, 6.07) is 3.54. The van der Waals surface area contributed by atoms with E-state index in [0.29, 0.717) is 4.21 Å². The smallest absolute Gasteiger partial charge is 0.199 e. The molecular formula is C17H26Cl2O3S2. The molecule has 0 spiro atoms. The Kier molecular flexibility index (Phi) is 7.52. The fourth-order valence-electron chi connectivity index (χ4n) is 2.03. The van der Waals surface area contributed by atoms with E-state index in [1.807, 2.05) is 46.9 Å². The number of rotatable bonds is 7. The quantitative estimate of drug-likeness (QED) is 0.549. The van der Waals surface area contributed by atoms with Crippen molar-refractivity contribution in [3.63, 3.8) is 0 Å². The molecule has 138 valence electrons. The Morgan fingerprint density at radius 3 is 2.25 bits per heavy atom. The molecule has 0 saturated carbocycles. The zero-order valence-corrected chi connectivity index (χ0v) is 18.2. The van der Waals surface area contributed by atoms with Gasteiger partial charge in [0.25, 0.3) is 0 Å². The van der Waals surface area contributed by atoms with Crippen molar-refractivity contribution >= 4 is 51.1 Å². The third-order valence-corrected chi connectivity index (χ3v) is 6.95. The first-order chi connectivity index (χ1) is 10.7. The van der Waals surface area contributed by atoms with Crippen LogP contribution in [0.25, 0.3) is 0 Å². The van der Waals surface area contributed by atoms with Crippen molar-refractivity contribution in [2.45, 2.75) is 74.0 Å². The van der Waals surface area contributed by atoms with E-state index in [-0.39, 0.29) is 18.6 Å². The Morgan fingerprint density at radius 1 is 1.25 bits per heavy atom. The second-order valence-electron chi connectivity index (χ2n) is 7.77. The third-order valence-electron chi connectivity index (χ3n) is 3.18. The van der Waals surface area contributed by atoms with Gasteiger partial charge in [-0.3, -0.25) is 9.00 Å². The van der Waals surface area contributed by atoms with Crippen molar-refractivity contribution < 1.29 is 13.7 Å². The van der Waals surface area contributed by atoms with Crippen LogP contribution in [0.2, 0.25) is 0 Å². The van der Waals surface area contributed by atoms with Crippen LogP contribution in [-0.2, 0) is 20.3 Å². The molecule has 0 bridgehead atoms. The number of carbonyl (C=O) groups excluding carboxylic acids is 1. The van der Waals surface area contributed by atoms with E-state index in [2.05, 4.69) is 0 Å². The summed E-state index contributed by atoms with van der Waals surface area (Å²) in [4.78, 5) is 12.4. The van der Waals surface area contributed by atoms with E-state index in [9.17, 15) is 9.00 Å². The maximum absolute atomic E-state index is 12.6. The Morgan fingerprint density at radius 2 is 1.83 bits per heavy atom. The predicted octanol–water partition coefficient (Wildman–Crippen LogP) is 5.57. The minimum absolute atomic E-state index is 0.0581. The number of hydrogen-bond acceptors (Lipinski definition) is 4. The SMILES string of the molecule is CC(C)(C)OC(CC(=O)C(C)(C)C)CC(Cl)(Cl)S(=O)c1cccs1. The summed E-state index contributed by atoms with van der Waals surface area (Å²) in [6.07, 6.45) is -0.209. The van der Waals surface area contributed by atoms with Crippen LogP contribution >= 0.6 is 34.5 Å². The van der Waals surface area contributed by atoms with E-state index in [4.69, 9.17) is 27.9 Å². The minimum Gasteiger partial charge on any atom is -0.372 e. The van der Waals surface area contributed by atoms with E-state index in [1.54, 1.807) is 12.1 Å². The summed E-state index contributed by atoms with van der Waals surface area (Å²) >= 11 is 14.1. The number of ether oxygens (including phenoxy) is 1. The maximum atomic E-state index is 12.6. The summed E-state index contributed by atoms with van der Waals surface area (Å²) in [6.45, 7) is 11.3. The summed E-state index contributed by atoms with van der Waals surface area (Å²) in [5.74, 6) is 0.0581. The molecule has 3 nitrogen and oxygen atoms in total. The molecule has 1 rings (SSSR count). The number of Topliss-reactive ketones (excluding diaryl/α,β-unsaturated/α-hetero) is 1. The van der Waals surface area contributed by atoms with Gasteiger partial charge in [-0.05, 0) is 32.2 Å². The zero-order chi connectivity index (χ0) is 18.8. The summed E-state index contributed by atoms with van der Waals surface area (Å²) in [5.41, 5.74) is -0.940. The maximum Gasteiger partial charge on any atom is 0.199 e. The molecule has 0 aromatic carbocycles. The number of hydrogen-bond donors (Lipinski definition) is 0. The van der Waals surface area contributed by atoms with Crippen LogP contribution in [0, 0.1) is 5.41 Å². The average molecular weight is 413 g/mol. The highest BCUT2D eigenvalue weighted by molar-refractivity contribution is 7.91. The number of thiophene rings is 1. The van der Waals surface area contributed by atoms with Gasteiger partial charge in [0.05, 0.1) is 26.7 Å². The molecule has 2 unspecified atom stereocenters. The molecule has 0 amide bonds. The largest absolute Gasteiger partial charge is 0.372 e. The number of alkyl halides is 2. The molecule has 24 heavy (non-hydrogen) atoms. The molecule has 0 aliphatic rings. The van der Waals surface area contributed by atoms with Crippen LogP contribution in [0.4, 0.5) is 0 Å². The predicted molar refractivity (Wildman–Crippen MR) is 103 cm³/mol. The highest BCUT2D eigenvalue weighted by atomic mass is 35.5. The fraction of sp³-hybridized carbons (Fsp3) is 0.706. The van der Waals surface area contributed by atoms with Crippen LogP contribution in [0.15, 0.2) is 21.7 Å². The molecule has 2 atom stereocenters. The second-order valence-corrected chi connectivity index (χ2v) is 12.6. The lowest BCUT2D eigenvalue weighted by Crippen LogP contribution is -2.37. The van der Waals surface area contributed by atoms with Gasteiger partial charge in [0.1, 0.15) is 5.78 Å². The van der Waals surface area contributed by atoms with Crippen LogP contribution in [0.5, 0.6) is 0 Å². The van der Waals surface area contributed by atoms with E-state index in [1.165, 1.54) is 11.3 Å². The molecule has 1 aromatic heterocycles. The Hall–Kier alpha value is 0.0600. The van der Waals surface area contributed by atoms with Crippen LogP contribution in [-0.4, -0.2) is 25.4 Å². The second kappa shape index (κ2) is 8.17. The highest BCUT2D eigenvalue weighted by Crippen LogP contribution is 2.39. The summed E-state index contributed by atoms with van der Waals surface area (Å²) < 4.78 is 17.7. The lowest BCUT2D eigenvalue weighted by Gasteiger charge is -2.32. The number of ketones is 1. The van der Waals surface area contributed by atoms with E-state index in [0.717, 1.165) is 0 Å². The summed E-state index contributed by atoms with van der Waals surface area (Å²) in [5, 5.41) is 1.82. The Bertz CT molecular complexity index is 570. The van der Waals surface area contributed by atoms with Crippen LogP contribution < -0.4 is 0 Å². The lowest BCUT2D eigenvalue weighted by atomic mass is 9.87. The third kappa shape index (κ3) is 7.12. The summed E-state index contributed by atoms with van der Waals surface area (Å²) in [7, 11) is -1.59. The van der Waals surface area contributed by atoms with Gasteiger partial charge in [-0.2, -0.15) is 0 Å². The van der Waals surface area contributed by atoms with Crippen molar-refractivity contribution in [3.8, 4) is 0 Å². The number of halogens is 2. The Balaban J connectivity index is 2.94. The first-order valence-corrected chi connectivity index (χ1v) is 10.6. The number of carbonyl (C=O) groups is 1. The molecule has 0 aliphatic heterocycles. The van der Waals surface area contributed by atoms with Gasteiger partial charge in [0.2, 0.25) is 0 Å². The van der Waals surface area contributed by atoms with Crippen molar-refractivity contribution in [2.75, 3.05) is 0 Å². The molecule has 1 aromatic rings. The van der Waals surface area contributed by atoms with Gasteiger partial charge in [-0.25, -0.2) is 0 Å². The molecule has 0 saturated heterocycles. The van der Waals surface area contributed by atoms with Gasteiger partial charge in [0.15, 0.2) is 3.67 Å². The molecule has 0 aliphatic carbocycles. The van der Waals surface area contributed by atoms with Crippen molar-refractivity contribution in [2.24, 2.45) is 5.41 Å². The molecular weight excluding hydrogens is 387 g/mol. The topological polar surface area (TPSA) is 43.4 Å². The van der Waals surface area contributed by atoms with Gasteiger partial charge in [-0.15, -0.1) is 11.3 Å². The van der Waals surface area contributed by atoms with Gasteiger partial charge in [-0.1, -0.05) is 50.0 Å². The van der Waals surface area contributed by atoms with Crippen molar-refractivity contribution in [3.05, 3.63) is 17.5 Å². The first-order valence-electron chi connectivity index (χ1n) is 7.77. The lowest BCUT2D eigenvalue weighted by molar-refractivity contribution is -0.133. The average Bonchev–Trinajstić information content (AvgIpc) is 2.87. The first kappa shape index (κ1) is 22.1. The van der Waals surface area contributed by atoms with E-state index >= 15 is 0 Å². The molecule has 0 fully saturated rings. The fourth-order valence-corrected chi connectivity index (χ4v) is 5.37. The van der Waals surface area contributed by atoms with Crippen molar-refractivity contribution in [1.29, 1.82) is 0 Å². The monoisotopic (exact) mass is 412 g/mol. The highest BCUT2D eigenvalue weighted by Gasteiger charge is 2.39.